The highest BCUT2D eigenvalue weighted by Crippen LogP contribution is 2.81. The van der Waals surface area contributed by atoms with Crippen LogP contribution in [0.3, 0.4) is 0 Å². The highest BCUT2D eigenvalue weighted by atomic mass is 32.1. The SMILES string of the molecule is COc1ccc(-c2ccc(-c3ccc(C4(OC)OOC45C4CC6CC7CC5CC67C4)cc3O)s2)cc1. The van der Waals surface area contributed by atoms with Crippen LogP contribution in [-0.2, 0) is 20.3 Å². The van der Waals surface area contributed by atoms with E-state index in [9.17, 15) is 5.11 Å². The second-order valence-corrected chi connectivity index (χ2v) is 12.6. The maximum Gasteiger partial charge on any atom is 0.260 e. The van der Waals surface area contributed by atoms with Crippen LogP contribution in [0.15, 0.2) is 54.6 Å². The lowest BCUT2D eigenvalue weighted by atomic mass is 9.55. The molecule has 36 heavy (non-hydrogen) atoms. The van der Waals surface area contributed by atoms with Gasteiger partial charge in [0.05, 0.1) is 7.11 Å². The lowest BCUT2D eigenvalue weighted by Crippen LogP contribution is -2.72. The smallest absolute Gasteiger partial charge is 0.260 e. The van der Waals surface area contributed by atoms with Crippen LogP contribution in [0.1, 0.15) is 37.7 Å². The maximum atomic E-state index is 11.2. The van der Waals surface area contributed by atoms with E-state index in [1.54, 1.807) is 25.6 Å². The van der Waals surface area contributed by atoms with Gasteiger partial charge in [0.15, 0.2) is 5.60 Å². The summed E-state index contributed by atoms with van der Waals surface area (Å²) in [7, 11) is 3.40. The van der Waals surface area contributed by atoms with Crippen LogP contribution in [0, 0.1) is 29.1 Å². The number of thiophene rings is 1. The fourth-order valence-corrected chi connectivity index (χ4v) is 10.0. The molecule has 5 aliphatic rings. The summed E-state index contributed by atoms with van der Waals surface area (Å²) < 4.78 is 11.5. The average molecular weight is 503 g/mol. The highest BCUT2D eigenvalue weighted by Gasteiger charge is 2.83. The predicted molar refractivity (Wildman–Crippen MR) is 136 cm³/mol. The number of methoxy groups -OCH3 is 2. The Labute approximate surface area is 214 Å². The summed E-state index contributed by atoms with van der Waals surface area (Å²) in [6.45, 7) is 0. The van der Waals surface area contributed by atoms with Crippen molar-refractivity contribution >= 4 is 11.3 Å². The molecule has 2 aromatic carbocycles. The van der Waals surface area contributed by atoms with Crippen LogP contribution < -0.4 is 4.74 Å². The molecule has 5 unspecified atom stereocenters. The third-order valence-electron chi connectivity index (χ3n) is 10.5. The maximum absolute atomic E-state index is 11.2. The van der Waals surface area contributed by atoms with Crippen LogP contribution in [-0.4, -0.2) is 24.9 Å². The molecule has 4 saturated carbocycles. The zero-order valence-corrected chi connectivity index (χ0v) is 21.3. The molecule has 1 aliphatic heterocycles. The van der Waals surface area contributed by atoms with Gasteiger partial charge in [-0.3, -0.25) is 0 Å². The quantitative estimate of drug-likeness (QED) is 0.391. The molecular formula is C30H30O5S. The van der Waals surface area contributed by atoms with Gasteiger partial charge in [-0.05, 0) is 115 Å². The normalized spacial score (nSPS) is 39.2. The van der Waals surface area contributed by atoms with Gasteiger partial charge < -0.3 is 14.6 Å². The Morgan fingerprint density at radius 2 is 1.53 bits per heavy atom. The Hall–Kier alpha value is -2.38. The summed E-state index contributed by atoms with van der Waals surface area (Å²) in [5, 5.41) is 11.2. The Bertz CT molecular complexity index is 1330. The third-order valence-corrected chi connectivity index (χ3v) is 11.7. The molecule has 4 aliphatic carbocycles. The van der Waals surface area contributed by atoms with Crippen molar-refractivity contribution in [1.29, 1.82) is 0 Å². The van der Waals surface area contributed by atoms with E-state index in [1.165, 1.54) is 32.1 Å². The number of phenolic OH excluding ortho intramolecular Hbond substituents is 1. The van der Waals surface area contributed by atoms with Crippen molar-refractivity contribution in [3.63, 3.8) is 0 Å². The van der Waals surface area contributed by atoms with Crippen LogP contribution >= 0.6 is 11.3 Å². The van der Waals surface area contributed by atoms with E-state index in [4.69, 9.17) is 19.2 Å². The second-order valence-electron chi connectivity index (χ2n) is 11.5. The number of ether oxygens (including phenoxy) is 2. The zero-order chi connectivity index (χ0) is 24.3. The third kappa shape index (κ3) is 2.42. The standard InChI is InChI=1S/C30H30O5S/c1-32-23-6-3-17(4-7-23)26-9-10-27(36-26)24-8-5-18(14-25(24)31)30(33-2)29(34-35-30)21-12-19-11-20-13-22(29)16-28(19,20)15-21/h3-10,14,19-22,31H,11-13,15-16H2,1-2H3. The molecule has 0 radical (unpaired) electrons. The molecule has 6 heteroatoms. The van der Waals surface area contributed by atoms with E-state index < -0.39 is 11.4 Å². The molecule has 1 saturated heterocycles. The topological polar surface area (TPSA) is 57.2 Å². The Kier molecular flexibility index (Phi) is 4.30. The number of hydrogen-bond donors (Lipinski definition) is 1. The van der Waals surface area contributed by atoms with Gasteiger partial charge >= 0.3 is 0 Å². The van der Waals surface area contributed by atoms with Crippen LogP contribution in [0.2, 0.25) is 0 Å². The predicted octanol–water partition coefficient (Wildman–Crippen LogP) is 6.75. The molecule has 1 N–H and O–H groups in total. The van der Waals surface area contributed by atoms with Crippen molar-refractivity contribution in [2.45, 2.75) is 43.5 Å². The molecule has 5 fully saturated rings. The van der Waals surface area contributed by atoms with Gasteiger partial charge in [0, 0.05) is 28.0 Å². The molecule has 1 aromatic heterocycles. The molecular weight excluding hydrogens is 472 g/mol. The first-order valence-electron chi connectivity index (χ1n) is 13.0. The highest BCUT2D eigenvalue weighted by molar-refractivity contribution is 7.18. The first-order chi connectivity index (χ1) is 17.5. The van der Waals surface area contributed by atoms with Crippen molar-refractivity contribution in [2.75, 3.05) is 14.2 Å². The molecule has 8 rings (SSSR count). The second kappa shape index (κ2) is 7.13. The molecule has 2 spiro atoms. The summed E-state index contributed by atoms with van der Waals surface area (Å²) in [5.41, 5.74) is 2.92. The van der Waals surface area contributed by atoms with Crippen LogP contribution in [0.4, 0.5) is 0 Å². The molecule has 3 bridgehead atoms. The fourth-order valence-electron chi connectivity index (χ4n) is 8.97. The van der Waals surface area contributed by atoms with E-state index in [2.05, 4.69) is 30.3 Å². The lowest BCUT2D eigenvalue weighted by molar-refractivity contribution is -0.638. The summed E-state index contributed by atoms with van der Waals surface area (Å²) in [6, 6.07) is 18.1. The fraction of sp³-hybridized carbons (Fsp3) is 0.467. The first kappa shape index (κ1) is 21.7. The number of hydrogen-bond acceptors (Lipinski definition) is 6. The van der Waals surface area contributed by atoms with Crippen molar-refractivity contribution < 1.29 is 24.4 Å². The lowest BCUT2D eigenvalue weighted by Gasteiger charge is -2.61. The minimum absolute atomic E-state index is 0.239. The largest absolute Gasteiger partial charge is 0.507 e. The van der Waals surface area contributed by atoms with Crippen molar-refractivity contribution in [2.24, 2.45) is 29.1 Å². The molecule has 2 heterocycles. The molecule has 5 nitrogen and oxygen atoms in total. The number of aromatic hydroxyl groups is 1. The Morgan fingerprint density at radius 3 is 2.14 bits per heavy atom. The first-order valence-corrected chi connectivity index (χ1v) is 13.8. The van der Waals surface area contributed by atoms with E-state index in [0.29, 0.717) is 17.3 Å². The van der Waals surface area contributed by atoms with Crippen molar-refractivity contribution in [1.82, 2.24) is 0 Å². The summed E-state index contributed by atoms with van der Waals surface area (Å²) in [4.78, 5) is 14.3. The summed E-state index contributed by atoms with van der Waals surface area (Å²) in [5.74, 6) is 2.72. The van der Waals surface area contributed by atoms with Gasteiger partial charge in [-0.25, -0.2) is 4.89 Å². The Balaban J connectivity index is 1.13. The molecule has 5 atom stereocenters. The van der Waals surface area contributed by atoms with E-state index >= 15 is 0 Å². The molecule has 186 valence electrons. The van der Waals surface area contributed by atoms with Gasteiger partial charge in [-0.1, -0.05) is 6.07 Å². The van der Waals surface area contributed by atoms with E-state index in [1.807, 2.05) is 24.3 Å². The van der Waals surface area contributed by atoms with Gasteiger partial charge in [0.1, 0.15) is 11.5 Å². The summed E-state index contributed by atoms with van der Waals surface area (Å²) >= 11 is 1.66. The van der Waals surface area contributed by atoms with Crippen molar-refractivity contribution in [3.8, 4) is 32.4 Å². The Morgan fingerprint density at radius 1 is 0.833 bits per heavy atom. The van der Waals surface area contributed by atoms with Gasteiger partial charge in [-0.2, -0.15) is 4.89 Å². The van der Waals surface area contributed by atoms with E-state index in [-0.39, 0.29) is 5.75 Å². The van der Waals surface area contributed by atoms with E-state index in [0.717, 1.165) is 44.0 Å². The minimum atomic E-state index is -0.963. The van der Waals surface area contributed by atoms with Crippen LogP contribution in [0.25, 0.3) is 20.9 Å². The average Bonchev–Trinajstić information content (AvgIpc) is 3.52. The minimum Gasteiger partial charge on any atom is -0.507 e. The molecule has 0 amide bonds. The van der Waals surface area contributed by atoms with Gasteiger partial charge in [-0.15, -0.1) is 11.3 Å². The van der Waals surface area contributed by atoms with Crippen molar-refractivity contribution in [3.05, 3.63) is 60.2 Å². The number of fused-ring (bicyclic) bond motifs is 4. The summed E-state index contributed by atoms with van der Waals surface area (Å²) in [6.07, 6.45) is 6.31. The number of phenols is 1. The van der Waals surface area contributed by atoms with Gasteiger partial charge in [0.2, 0.25) is 0 Å². The number of benzene rings is 2. The number of rotatable bonds is 5. The monoisotopic (exact) mass is 502 g/mol. The molecule has 3 aromatic rings. The van der Waals surface area contributed by atoms with Gasteiger partial charge in [0.25, 0.3) is 5.79 Å². The zero-order valence-electron chi connectivity index (χ0n) is 20.5. The van der Waals surface area contributed by atoms with Crippen LogP contribution in [0.5, 0.6) is 11.5 Å².